The van der Waals surface area contributed by atoms with Crippen molar-refractivity contribution < 1.29 is 49.7 Å². The summed E-state index contributed by atoms with van der Waals surface area (Å²) < 4.78 is 11.5. The molecule has 2 aromatic carbocycles. The van der Waals surface area contributed by atoms with Gasteiger partial charge in [0.1, 0.15) is 12.2 Å². The van der Waals surface area contributed by atoms with Crippen molar-refractivity contribution in [2.75, 3.05) is 0 Å². The standard InChI is InChI=1S/C32H42O10/c1-3-5-7-9-11-13-21-23-17(15-19(33)27(35)29(23)37)25(31(39)41-21)26-18-16-20(34)28(36)30(38)24(18)22(42-32(26)40)14-12-10-8-6-4-2/h15-16,21-22,25-26,33-38H,3-14H2,1-2H3. The number of phenolic OH excluding ortho intramolecular Hbond substituents is 6. The summed E-state index contributed by atoms with van der Waals surface area (Å²) in [5, 5.41) is 63.3. The maximum Gasteiger partial charge on any atom is 0.315 e. The van der Waals surface area contributed by atoms with Gasteiger partial charge in [0.05, 0.1) is 11.8 Å². The van der Waals surface area contributed by atoms with Gasteiger partial charge in [-0.1, -0.05) is 65.2 Å². The number of benzene rings is 2. The van der Waals surface area contributed by atoms with Crippen molar-refractivity contribution in [1.82, 2.24) is 0 Å². The molecular weight excluding hydrogens is 544 g/mol. The van der Waals surface area contributed by atoms with Crippen molar-refractivity contribution in [3.8, 4) is 34.5 Å². The van der Waals surface area contributed by atoms with Gasteiger partial charge in [-0.25, -0.2) is 0 Å². The smallest absolute Gasteiger partial charge is 0.315 e. The van der Waals surface area contributed by atoms with E-state index in [1.165, 1.54) is 0 Å². The van der Waals surface area contributed by atoms with Gasteiger partial charge in [-0.05, 0) is 48.9 Å². The molecule has 10 nitrogen and oxygen atoms in total. The number of hydrogen-bond acceptors (Lipinski definition) is 10. The number of aromatic hydroxyl groups is 6. The quantitative estimate of drug-likeness (QED) is 0.0841. The van der Waals surface area contributed by atoms with Crippen molar-refractivity contribution >= 4 is 11.9 Å². The lowest BCUT2D eigenvalue weighted by Crippen LogP contribution is -2.38. The van der Waals surface area contributed by atoms with Gasteiger partial charge in [0.2, 0.25) is 11.5 Å². The summed E-state index contributed by atoms with van der Waals surface area (Å²) in [5.41, 5.74) is 0.334. The third kappa shape index (κ3) is 6.03. The second-order valence-corrected chi connectivity index (χ2v) is 11.4. The highest BCUT2D eigenvalue weighted by molar-refractivity contribution is 5.94. The SMILES string of the molecule is CCCCCCCC1OC(=O)C(C2C(=O)OC(CCCCCCC)c3c2cc(O)c(O)c3O)c2cc(O)c(O)c(O)c21. The number of rotatable bonds is 13. The van der Waals surface area contributed by atoms with Crippen LogP contribution in [-0.2, 0) is 19.1 Å². The highest BCUT2D eigenvalue weighted by atomic mass is 16.6. The molecule has 0 radical (unpaired) electrons. The van der Waals surface area contributed by atoms with E-state index >= 15 is 0 Å². The van der Waals surface area contributed by atoms with E-state index in [0.717, 1.165) is 63.5 Å². The van der Waals surface area contributed by atoms with Crippen LogP contribution >= 0.6 is 0 Å². The first-order chi connectivity index (χ1) is 20.1. The topological polar surface area (TPSA) is 174 Å². The third-order valence-electron chi connectivity index (χ3n) is 8.46. The molecule has 0 spiro atoms. The average molecular weight is 587 g/mol. The fraction of sp³-hybridized carbons (Fsp3) is 0.562. The molecule has 4 rings (SSSR count). The second-order valence-electron chi connectivity index (χ2n) is 11.4. The summed E-state index contributed by atoms with van der Waals surface area (Å²) in [6.45, 7) is 4.19. The normalized spacial score (nSPS) is 21.4. The van der Waals surface area contributed by atoms with Crippen LogP contribution in [0.15, 0.2) is 12.1 Å². The van der Waals surface area contributed by atoms with E-state index in [9.17, 15) is 40.2 Å². The Labute approximate surface area is 245 Å². The van der Waals surface area contributed by atoms with Crippen LogP contribution < -0.4 is 0 Å². The highest BCUT2D eigenvalue weighted by Gasteiger charge is 2.50. The summed E-state index contributed by atoms with van der Waals surface area (Å²) in [7, 11) is 0. The second kappa shape index (κ2) is 13.4. The zero-order chi connectivity index (χ0) is 30.6. The van der Waals surface area contributed by atoms with Crippen LogP contribution in [0.2, 0.25) is 0 Å². The fourth-order valence-corrected chi connectivity index (χ4v) is 6.25. The number of esters is 2. The Hall–Kier alpha value is -3.82. The molecule has 0 aliphatic carbocycles. The predicted octanol–water partition coefficient (Wildman–Crippen LogP) is 6.70. The number of phenols is 6. The molecular formula is C32H42O10. The number of ether oxygens (including phenoxy) is 2. The minimum Gasteiger partial charge on any atom is -0.504 e. The molecule has 0 saturated carbocycles. The molecule has 42 heavy (non-hydrogen) atoms. The molecule has 0 aromatic heterocycles. The molecule has 2 aromatic rings. The Morgan fingerprint density at radius 3 is 1.26 bits per heavy atom. The zero-order valence-electron chi connectivity index (χ0n) is 24.3. The number of unbranched alkanes of at least 4 members (excludes halogenated alkanes) is 8. The fourth-order valence-electron chi connectivity index (χ4n) is 6.25. The minimum absolute atomic E-state index is 0.0792. The molecule has 4 atom stereocenters. The van der Waals surface area contributed by atoms with Crippen LogP contribution in [0.4, 0.5) is 0 Å². The molecule has 2 aliphatic rings. The predicted molar refractivity (Wildman–Crippen MR) is 153 cm³/mol. The number of carbonyl (C=O) groups is 2. The summed E-state index contributed by atoms with van der Waals surface area (Å²) in [5.74, 6) is -8.70. The summed E-state index contributed by atoms with van der Waals surface area (Å²) >= 11 is 0. The van der Waals surface area contributed by atoms with Crippen LogP contribution in [0.5, 0.6) is 34.5 Å². The van der Waals surface area contributed by atoms with Crippen molar-refractivity contribution in [2.45, 2.75) is 115 Å². The number of fused-ring (bicyclic) bond motifs is 2. The summed E-state index contributed by atoms with van der Waals surface area (Å²) in [4.78, 5) is 27.3. The van der Waals surface area contributed by atoms with Gasteiger partial charge in [0.15, 0.2) is 23.0 Å². The molecule has 6 N–H and O–H groups in total. The van der Waals surface area contributed by atoms with Gasteiger partial charge in [-0.2, -0.15) is 0 Å². The molecule has 0 bridgehead atoms. The van der Waals surface area contributed by atoms with E-state index in [-0.39, 0.29) is 22.3 Å². The van der Waals surface area contributed by atoms with E-state index in [0.29, 0.717) is 25.7 Å². The average Bonchev–Trinajstić information content (AvgIpc) is 2.95. The van der Waals surface area contributed by atoms with Crippen LogP contribution in [-0.4, -0.2) is 42.6 Å². The lowest BCUT2D eigenvalue weighted by atomic mass is 9.73. The Morgan fingerprint density at radius 2 is 0.905 bits per heavy atom. The Kier molecular flexibility index (Phi) is 9.96. The van der Waals surface area contributed by atoms with Gasteiger partial charge in [0, 0.05) is 11.1 Å². The van der Waals surface area contributed by atoms with Crippen LogP contribution in [0.3, 0.4) is 0 Å². The van der Waals surface area contributed by atoms with E-state index in [1.807, 2.05) is 0 Å². The first kappa shape index (κ1) is 31.1. The third-order valence-corrected chi connectivity index (χ3v) is 8.46. The first-order valence-corrected chi connectivity index (χ1v) is 15.1. The van der Waals surface area contributed by atoms with Gasteiger partial charge < -0.3 is 40.1 Å². The van der Waals surface area contributed by atoms with Crippen molar-refractivity contribution in [3.05, 3.63) is 34.4 Å². The molecule has 10 heteroatoms. The van der Waals surface area contributed by atoms with Crippen molar-refractivity contribution in [2.24, 2.45) is 0 Å². The molecule has 2 aliphatic heterocycles. The Morgan fingerprint density at radius 1 is 0.548 bits per heavy atom. The molecule has 2 heterocycles. The highest BCUT2D eigenvalue weighted by Crippen LogP contribution is 2.57. The van der Waals surface area contributed by atoms with Gasteiger partial charge in [-0.3, -0.25) is 9.59 Å². The molecule has 0 fully saturated rings. The van der Waals surface area contributed by atoms with E-state index in [2.05, 4.69) is 13.8 Å². The number of cyclic esters (lactones) is 2. The maximum atomic E-state index is 13.6. The Balaban J connectivity index is 1.76. The number of hydrogen-bond donors (Lipinski definition) is 6. The van der Waals surface area contributed by atoms with Gasteiger partial charge >= 0.3 is 11.9 Å². The monoisotopic (exact) mass is 586 g/mol. The van der Waals surface area contributed by atoms with Crippen LogP contribution in [0.1, 0.15) is 137 Å². The molecule has 0 saturated heterocycles. The van der Waals surface area contributed by atoms with Crippen molar-refractivity contribution in [1.29, 1.82) is 0 Å². The maximum absolute atomic E-state index is 13.6. The summed E-state index contributed by atoms with van der Waals surface area (Å²) in [6, 6.07) is 2.26. The minimum atomic E-state index is -1.44. The zero-order valence-corrected chi connectivity index (χ0v) is 24.3. The van der Waals surface area contributed by atoms with Crippen molar-refractivity contribution in [3.63, 3.8) is 0 Å². The lowest BCUT2D eigenvalue weighted by molar-refractivity contribution is -0.164. The van der Waals surface area contributed by atoms with E-state index in [1.54, 1.807) is 0 Å². The lowest BCUT2D eigenvalue weighted by Gasteiger charge is -2.39. The van der Waals surface area contributed by atoms with Crippen LogP contribution in [0.25, 0.3) is 0 Å². The Bertz CT molecular complexity index is 1200. The molecule has 230 valence electrons. The van der Waals surface area contributed by atoms with E-state index in [4.69, 9.17) is 9.47 Å². The van der Waals surface area contributed by atoms with Crippen LogP contribution in [0, 0.1) is 0 Å². The summed E-state index contributed by atoms with van der Waals surface area (Å²) in [6.07, 6.45) is 8.17. The van der Waals surface area contributed by atoms with E-state index < -0.39 is 70.5 Å². The molecule has 4 unspecified atom stereocenters. The van der Waals surface area contributed by atoms with Gasteiger partial charge in [-0.15, -0.1) is 0 Å². The first-order valence-electron chi connectivity index (χ1n) is 15.1. The van der Waals surface area contributed by atoms with Gasteiger partial charge in [0.25, 0.3) is 0 Å². The molecule has 0 amide bonds. The number of carbonyl (C=O) groups excluding carboxylic acids is 2. The largest absolute Gasteiger partial charge is 0.504 e.